The van der Waals surface area contributed by atoms with Crippen molar-refractivity contribution in [2.45, 2.75) is 0 Å². The summed E-state index contributed by atoms with van der Waals surface area (Å²) in [6.45, 7) is 0. The van der Waals surface area contributed by atoms with Crippen LogP contribution in [0.5, 0.6) is 0 Å². The summed E-state index contributed by atoms with van der Waals surface area (Å²) in [6.07, 6.45) is 0. The van der Waals surface area contributed by atoms with Crippen molar-refractivity contribution in [1.29, 1.82) is 0 Å². The van der Waals surface area contributed by atoms with E-state index in [4.69, 9.17) is 0 Å². The van der Waals surface area contributed by atoms with Crippen LogP contribution in [0.4, 0.5) is 0 Å². The smallest absolute Gasteiger partial charge is 0.212 e. The first kappa shape index (κ1) is 5.49. The van der Waals surface area contributed by atoms with E-state index >= 15 is 0 Å². The first-order chi connectivity index (χ1) is 3.29. The van der Waals surface area contributed by atoms with Crippen LogP contribution in [0, 0.1) is 3.83 Å². The molecule has 0 aliphatic heterocycles. The van der Waals surface area contributed by atoms with E-state index < -0.39 is 0 Å². The molecule has 0 unspecified atom stereocenters. The Bertz CT molecular complexity index is 145. The van der Waals surface area contributed by atoms with Gasteiger partial charge in [0.15, 0.2) is 4.73 Å². The molecule has 38 valence electrons. The summed E-state index contributed by atoms with van der Waals surface area (Å²) < 4.78 is 1.40. The molecule has 1 aromatic heterocycles. The second-order valence-electron chi connectivity index (χ2n) is 0.895. The standard InChI is InChI=1S/C2HBrIN3/c3-1-5-2(4)7-6-1/h(H,5,6,7). The molecule has 0 bridgehead atoms. The first-order valence-electron chi connectivity index (χ1n) is 1.52. The SMILES string of the molecule is Brc1nc(I)n[nH]1. The molecule has 0 radical (unpaired) electrons. The molecule has 7 heavy (non-hydrogen) atoms. The average molecular weight is 274 g/mol. The summed E-state index contributed by atoms with van der Waals surface area (Å²) in [5, 5.41) is 6.34. The summed E-state index contributed by atoms with van der Waals surface area (Å²) in [6, 6.07) is 0. The molecular formula is C2HBrIN3. The maximum absolute atomic E-state index is 3.85. The minimum absolute atomic E-state index is 0.678. The van der Waals surface area contributed by atoms with Crippen molar-refractivity contribution in [1.82, 2.24) is 15.2 Å². The molecule has 3 nitrogen and oxygen atoms in total. The Hall–Kier alpha value is 0.350. The van der Waals surface area contributed by atoms with Gasteiger partial charge in [0, 0.05) is 22.6 Å². The second-order valence-corrected chi connectivity index (χ2v) is 2.61. The normalized spacial score (nSPS) is 9.43. The van der Waals surface area contributed by atoms with Crippen LogP contribution < -0.4 is 0 Å². The van der Waals surface area contributed by atoms with Gasteiger partial charge >= 0.3 is 0 Å². The number of aromatic nitrogens is 3. The Balaban J connectivity index is 3.04. The van der Waals surface area contributed by atoms with Crippen LogP contribution in [-0.2, 0) is 0 Å². The van der Waals surface area contributed by atoms with Gasteiger partial charge in [0.1, 0.15) is 0 Å². The van der Waals surface area contributed by atoms with E-state index in [0.717, 1.165) is 3.83 Å². The number of aromatic amines is 1. The fourth-order valence-electron chi connectivity index (χ4n) is 0.223. The van der Waals surface area contributed by atoms with Gasteiger partial charge in [0.2, 0.25) is 3.83 Å². The lowest BCUT2D eigenvalue weighted by atomic mass is 11.3. The van der Waals surface area contributed by atoms with Gasteiger partial charge in [-0.25, -0.2) is 0 Å². The zero-order valence-electron chi connectivity index (χ0n) is 3.15. The molecular weight excluding hydrogens is 273 g/mol. The molecule has 1 N–H and O–H groups in total. The van der Waals surface area contributed by atoms with Crippen LogP contribution in [0.1, 0.15) is 0 Å². The Morgan fingerprint density at radius 1 is 1.71 bits per heavy atom. The van der Waals surface area contributed by atoms with Crippen molar-refractivity contribution >= 4 is 38.5 Å². The summed E-state index contributed by atoms with van der Waals surface area (Å²) >= 11 is 5.12. The summed E-state index contributed by atoms with van der Waals surface area (Å²) in [7, 11) is 0. The summed E-state index contributed by atoms with van der Waals surface area (Å²) in [4.78, 5) is 3.85. The van der Waals surface area contributed by atoms with Crippen LogP contribution in [-0.4, -0.2) is 15.2 Å². The Kier molecular flexibility index (Phi) is 1.63. The van der Waals surface area contributed by atoms with E-state index in [1.165, 1.54) is 0 Å². The maximum Gasteiger partial charge on any atom is 0.212 e. The van der Waals surface area contributed by atoms with Gasteiger partial charge in [0.05, 0.1) is 0 Å². The fourth-order valence-corrected chi connectivity index (χ4v) is 1.17. The van der Waals surface area contributed by atoms with Crippen molar-refractivity contribution < 1.29 is 0 Å². The van der Waals surface area contributed by atoms with Crippen LogP contribution in [0.15, 0.2) is 4.73 Å². The van der Waals surface area contributed by atoms with Gasteiger partial charge in [-0.1, -0.05) is 0 Å². The number of nitrogens with zero attached hydrogens (tertiary/aromatic N) is 2. The zero-order chi connectivity index (χ0) is 5.28. The minimum Gasteiger partial charge on any atom is -0.253 e. The van der Waals surface area contributed by atoms with Crippen molar-refractivity contribution in [3.8, 4) is 0 Å². The quantitative estimate of drug-likeness (QED) is 0.721. The van der Waals surface area contributed by atoms with Gasteiger partial charge in [-0.15, -0.1) is 5.10 Å². The van der Waals surface area contributed by atoms with Gasteiger partial charge in [-0.05, 0) is 15.9 Å². The number of hydrogen-bond donors (Lipinski definition) is 1. The van der Waals surface area contributed by atoms with Crippen molar-refractivity contribution in [3.63, 3.8) is 0 Å². The molecule has 0 spiro atoms. The van der Waals surface area contributed by atoms with Gasteiger partial charge < -0.3 is 0 Å². The predicted molar refractivity (Wildman–Crippen MR) is 36.8 cm³/mol. The molecule has 1 aromatic rings. The van der Waals surface area contributed by atoms with E-state index in [2.05, 4.69) is 31.1 Å². The largest absolute Gasteiger partial charge is 0.253 e. The molecule has 0 amide bonds. The highest BCUT2D eigenvalue weighted by molar-refractivity contribution is 14.1. The van der Waals surface area contributed by atoms with Gasteiger partial charge in [-0.3, -0.25) is 5.10 Å². The van der Waals surface area contributed by atoms with Crippen LogP contribution in [0.2, 0.25) is 0 Å². The Morgan fingerprint density at radius 3 is 2.57 bits per heavy atom. The number of halogens is 2. The number of hydrogen-bond acceptors (Lipinski definition) is 2. The highest BCUT2D eigenvalue weighted by Crippen LogP contribution is 2.01. The fraction of sp³-hybridized carbons (Fsp3) is 0. The third-order valence-electron chi connectivity index (χ3n) is 0.431. The summed E-state index contributed by atoms with van der Waals surface area (Å²) in [5.74, 6) is 0. The average Bonchev–Trinajstić information content (AvgIpc) is 1.87. The topological polar surface area (TPSA) is 41.6 Å². The maximum atomic E-state index is 3.85. The Morgan fingerprint density at radius 2 is 2.43 bits per heavy atom. The van der Waals surface area contributed by atoms with Crippen molar-refractivity contribution in [3.05, 3.63) is 8.56 Å². The number of H-pyrrole nitrogens is 1. The van der Waals surface area contributed by atoms with Gasteiger partial charge in [-0.2, -0.15) is 4.98 Å². The van der Waals surface area contributed by atoms with E-state index in [1.54, 1.807) is 0 Å². The minimum atomic E-state index is 0.678. The summed E-state index contributed by atoms with van der Waals surface area (Å²) in [5.41, 5.74) is 0. The number of nitrogens with one attached hydrogen (secondary N) is 1. The molecule has 0 saturated heterocycles. The van der Waals surface area contributed by atoms with Crippen molar-refractivity contribution in [2.75, 3.05) is 0 Å². The lowest BCUT2D eigenvalue weighted by Gasteiger charge is -1.64. The highest BCUT2D eigenvalue weighted by atomic mass is 127. The monoisotopic (exact) mass is 273 g/mol. The molecule has 1 heterocycles. The molecule has 0 aliphatic carbocycles. The molecule has 0 atom stereocenters. The van der Waals surface area contributed by atoms with E-state index in [1.807, 2.05) is 22.6 Å². The second kappa shape index (κ2) is 2.08. The van der Waals surface area contributed by atoms with Crippen molar-refractivity contribution in [2.24, 2.45) is 0 Å². The van der Waals surface area contributed by atoms with E-state index in [-0.39, 0.29) is 0 Å². The lowest BCUT2D eigenvalue weighted by Crippen LogP contribution is -1.67. The van der Waals surface area contributed by atoms with Crippen LogP contribution in [0.25, 0.3) is 0 Å². The predicted octanol–water partition coefficient (Wildman–Crippen LogP) is 1.17. The number of rotatable bonds is 0. The third kappa shape index (κ3) is 1.37. The van der Waals surface area contributed by atoms with E-state index in [9.17, 15) is 0 Å². The molecule has 1 rings (SSSR count). The first-order valence-corrected chi connectivity index (χ1v) is 3.39. The van der Waals surface area contributed by atoms with Crippen LogP contribution in [0.3, 0.4) is 0 Å². The molecule has 5 heteroatoms. The Labute approximate surface area is 62.2 Å². The lowest BCUT2D eigenvalue weighted by molar-refractivity contribution is 1.05. The van der Waals surface area contributed by atoms with Gasteiger partial charge in [0.25, 0.3) is 0 Å². The molecule has 0 fully saturated rings. The highest BCUT2D eigenvalue weighted by Gasteiger charge is 1.90. The van der Waals surface area contributed by atoms with Crippen LogP contribution >= 0.6 is 38.5 Å². The molecule has 0 aromatic carbocycles. The zero-order valence-corrected chi connectivity index (χ0v) is 6.89. The third-order valence-corrected chi connectivity index (χ3v) is 1.27. The molecule has 0 saturated carbocycles. The van der Waals surface area contributed by atoms with E-state index in [0.29, 0.717) is 4.73 Å². The molecule has 0 aliphatic rings.